The molecule has 6 nitrogen and oxygen atoms in total. The molecule has 0 aliphatic carbocycles. The fourth-order valence-corrected chi connectivity index (χ4v) is 5.29. The molecular weight excluding hydrogens is 386 g/mol. The van der Waals surface area contributed by atoms with Crippen LogP contribution in [0, 0.1) is 0 Å². The molecule has 0 bridgehead atoms. The zero-order chi connectivity index (χ0) is 20.3. The summed E-state index contributed by atoms with van der Waals surface area (Å²) in [4.78, 5) is 18.4. The van der Waals surface area contributed by atoms with Crippen molar-refractivity contribution in [3.8, 4) is 0 Å². The smallest absolute Gasteiger partial charge is 0.282 e. The lowest BCUT2D eigenvalue weighted by atomic mass is 10.2. The number of nitrogens with one attached hydrogen (secondary N) is 1. The van der Waals surface area contributed by atoms with Crippen LogP contribution in [0.5, 0.6) is 0 Å². The molecule has 7 heteroatoms. The topological polar surface area (TPSA) is 62.1 Å². The zero-order valence-electron chi connectivity index (χ0n) is 16.3. The van der Waals surface area contributed by atoms with Gasteiger partial charge in [-0.15, -0.1) is 0 Å². The molecule has 1 N–H and O–H groups in total. The first kappa shape index (κ1) is 19.7. The fourth-order valence-electron chi connectivity index (χ4n) is 4.02. The predicted octanol–water partition coefficient (Wildman–Crippen LogP) is 0.735. The molecule has 0 unspecified atom stereocenters. The lowest BCUT2D eigenvalue weighted by molar-refractivity contribution is -0.892. The predicted molar refractivity (Wildman–Crippen MR) is 115 cm³/mol. The van der Waals surface area contributed by atoms with E-state index in [1.54, 1.807) is 11.0 Å². The molecule has 2 aliphatic rings. The number of anilines is 2. The minimum atomic E-state index is -3.24. The lowest BCUT2D eigenvalue weighted by Crippen LogP contribution is -3.16. The summed E-state index contributed by atoms with van der Waals surface area (Å²) >= 11 is 0. The van der Waals surface area contributed by atoms with Crippen LogP contribution in [-0.2, 0) is 14.6 Å². The molecule has 0 radical (unpaired) electrons. The molecule has 2 aromatic rings. The molecule has 0 saturated carbocycles. The number of carbonyl (C=O) groups excluding carboxylic acids is 1. The number of para-hydroxylation sites is 2. The fraction of sp³-hybridized carbons (Fsp3) is 0.318. The van der Waals surface area contributed by atoms with Crippen molar-refractivity contribution >= 4 is 27.1 Å². The normalized spacial score (nSPS) is 21.2. The third-order valence-electron chi connectivity index (χ3n) is 5.54. The van der Waals surface area contributed by atoms with E-state index in [1.165, 1.54) is 16.0 Å². The van der Waals surface area contributed by atoms with Gasteiger partial charge in [0, 0.05) is 16.8 Å². The van der Waals surface area contributed by atoms with Crippen LogP contribution < -0.4 is 14.7 Å². The minimum Gasteiger partial charge on any atom is -0.360 e. The van der Waals surface area contributed by atoms with Gasteiger partial charge in [0.25, 0.3) is 5.91 Å². The van der Waals surface area contributed by atoms with E-state index >= 15 is 0 Å². The highest BCUT2D eigenvalue weighted by molar-refractivity contribution is 7.94. The van der Waals surface area contributed by atoms with E-state index in [4.69, 9.17) is 0 Å². The summed E-state index contributed by atoms with van der Waals surface area (Å²) in [6.07, 6.45) is 1.63. The van der Waals surface area contributed by atoms with E-state index in [2.05, 4.69) is 17.0 Å². The second-order valence-corrected chi connectivity index (χ2v) is 9.51. The van der Waals surface area contributed by atoms with Crippen molar-refractivity contribution in [3.63, 3.8) is 0 Å². The van der Waals surface area contributed by atoms with E-state index in [0.29, 0.717) is 6.54 Å². The summed E-state index contributed by atoms with van der Waals surface area (Å²) in [5.41, 5.74) is 1.96. The highest BCUT2D eigenvalue weighted by atomic mass is 32.2. The van der Waals surface area contributed by atoms with E-state index in [9.17, 15) is 13.2 Å². The van der Waals surface area contributed by atoms with Crippen molar-refractivity contribution in [2.45, 2.75) is 6.04 Å². The van der Waals surface area contributed by atoms with Gasteiger partial charge in [0.05, 0.1) is 38.0 Å². The molecule has 152 valence electrons. The van der Waals surface area contributed by atoms with Gasteiger partial charge in [0.15, 0.2) is 16.4 Å². The summed E-state index contributed by atoms with van der Waals surface area (Å²) in [5.74, 6) is -0.0868. The van der Waals surface area contributed by atoms with E-state index in [1.807, 2.05) is 48.5 Å². The number of amides is 1. The Morgan fingerprint density at radius 2 is 1.62 bits per heavy atom. The van der Waals surface area contributed by atoms with Crippen LogP contribution in [-0.4, -0.2) is 58.8 Å². The number of carbonyl (C=O) groups is 1. The average Bonchev–Trinajstić information content (AvgIpc) is 3.09. The molecule has 2 heterocycles. The highest BCUT2D eigenvalue weighted by Gasteiger charge is 2.33. The molecular formula is C22H26N3O3S+. The Morgan fingerprint density at radius 1 is 1.00 bits per heavy atom. The molecule has 0 aromatic heterocycles. The van der Waals surface area contributed by atoms with E-state index in [0.717, 1.165) is 31.9 Å². The van der Waals surface area contributed by atoms with Crippen LogP contribution in [0.1, 0.15) is 0 Å². The monoisotopic (exact) mass is 412 g/mol. The van der Waals surface area contributed by atoms with Crippen LogP contribution in [0.2, 0.25) is 0 Å². The van der Waals surface area contributed by atoms with Crippen molar-refractivity contribution < 1.29 is 18.1 Å². The Hall–Kier alpha value is -2.64. The first-order valence-corrected chi connectivity index (χ1v) is 11.6. The first-order chi connectivity index (χ1) is 14.0. The number of quaternary nitrogens is 1. The molecule has 1 amide bonds. The largest absolute Gasteiger partial charge is 0.360 e. The number of piperazine rings is 1. The molecule has 0 spiro atoms. The number of benzene rings is 2. The molecule has 1 fully saturated rings. The van der Waals surface area contributed by atoms with E-state index in [-0.39, 0.29) is 11.7 Å². The van der Waals surface area contributed by atoms with Gasteiger partial charge in [0.1, 0.15) is 0 Å². The van der Waals surface area contributed by atoms with Gasteiger partial charge in [-0.25, -0.2) is 8.42 Å². The van der Waals surface area contributed by atoms with Gasteiger partial charge in [-0.3, -0.25) is 9.69 Å². The van der Waals surface area contributed by atoms with Crippen LogP contribution >= 0.6 is 0 Å². The minimum absolute atomic E-state index is 0.0360. The van der Waals surface area contributed by atoms with Crippen molar-refractivity contribution in [2.24, 2.45) is 0 Å². The maximum Gasteiger partial charge on any atom is 0.282 e. The summed E-state index contributed by atoms with van der Waals surface area (Å²) in [7, 11) is -3.24. The molecule has 29 heavy (non-hydrogen) atoms. The maximum atomic E-state index is 13.2. The molecule has 1 saturated heterocycles. The number of hydrogen-bond acceptors (Lipinski definition) is 4. The zero-order valence-corrected chi connectivity index (χ0v) is 17.1. The SMILES string of the molecule is O=C(C[NH+]1CCN(c2ccccc2)CC1)N(c1ccccc1)[C@@H]1C=CS(=O)(=O)C1. The summed E-state index contributed by atoms with van der Waals surface area (Å²) in [6, 6.07) is 19.2. The Kier molecular flexibility index (Phi) is 5.69. The van der Waals surface area contributed by atoms with Crippen LogP contribution in [0.4, 0.5) is 11.4 Å². The van der Waals surface area contributed by atoms with Gasteiger partial charge < -0.3 is 9.80 Å². The second-order valence-electron chi connectivity index (χ2n) is 7.57. The molecule has 2 aliphatic heterocycles. The van der Waals surface area contributed by atoms with Crippen molar-refractivity contribution in [1.82, 2.24) is 0 Å². The summed E-state index contributed by atoms with van der Waals surface area (Å²) in [6.45, 7) is 3.91. The van der Waals surface area contributed by atoms with Gasteiger partial charge in [-0.05, 0) is 30.3 Å². The number of rotatable bonds is 5. The van der Waals surface area contributed by atoms with Gasteiger partial charge in [-0.1, -0.05) is 36.4 Å². The van der Waals surface area contributed by atoms with Gasteiger partial charge >= 0.3 is 0 Å². The Bertz CT molecular complexity index is 969. The average molecular weight is 413 g/mol. The molecule has 4 rings (SSSR count). The highest BCUT2D eigenvalue weighted by Crippen LogP contribution is 2.22. The number of nitrogens with zero attached hydrogens (tertiary/aromatic N) is 2. The van der Waals surface area contributed by atoms with Crippen LogP contribution in [0.15, 0.2) is 72.1 Å². The van der Waals surface area contributed by atoms with Crippen LogP contribution in [0.3, 0.4) is 0 Å². The number of sulfone groups is 1. The number of hydrogen-bond donors (Lipinski definition) is 1. The van der Waals surface area contributed by atoms with Gasteiger partial charge in [0.2, 0.25) is 0 Å². The van der Waals surface area contributed by atoms with Crippen molar-refractivity contribution in [1.29, 1.82) is 0 Å². The molecule has 2 aromatic carbocycles. The second kappa shape index (κ2) is 8.39. The Balaban J connectivity index is 1.43. The summed E-state index contributed by atoms with van der Waals surface area (Å²) in [5, 5.41) is 1.23. The standard InChI is InChI=1S/C22H25N3O3S/c26-22(17-23-12-14-24(15-13-23)19-7-3-1-4-8-19)25(20-9-5-2-6-10-20)21-11-16-29(27,28)18-21/h1-11,16,21H,12-15,17-18H2/p+1/t21-/m1/s1. The van der Waals surface area contributed by atoms with Crippen LogP contribution in [0.25, 0.3) is 0 Å². The maximum absolute atomic E-state index is 13.2. The summed E-state index contributed by atoms with van der Waals surface area (Å²) < 4.78 is 23.8. The quantitative estimate of drug-likeness (QED) is 0.787. The van der Waals surface area contributed by atoms with Crippen molar-refractivity contribution in [2.75, 3.05) is 48.3 Å². The van der Waals surface area contributed by atoms with E-state index < -0.39 is 15.9 Å². The Morgan fingerprint density at radius 3 is 2.21 bits per heavy atom. The van der Waals surface area contributed by atoms with Crippen molar-refractivity contribution in [3.05, 3.63) is 72.1 Å². The Labute approximate surface area is 172 Å². The third kappa shape index (κ3) is 4.68. The third-order valence-corrected chi connectivity index (χ3v) is 6.92. The first-order valence-electron chi connectivity index (χ1n) is 9.93. The van der Waals surface area contributed by atoms with Gasteiger partial charge in [-0.2, -0.15) is 0 Å². The molecule has 1 atom stereocenters. The lowest BCUT2D eigenvalue weighted by Gasteiger charge is -2.35.